The van der Waals surface area contributed by atoms with E-state index >= 15 is 0 Å². The third-order valence-corrected chi connectivity index (χ3v) is 5.92. The molecule has 1 heterocycles. The van der Waals surface area contributed by atoms with Crippen molar-refractivity contribution in [3.05, 3.63) is 17.5 Å². The van der Waals surface area contributed by atoms with Crippen molar-refractivity contribution in [3.8, 4) is 0 Å². The SMILES string of the molecule is O=C(O)CCc1cn[nH]c1C1C2CC3CC(C2)CC1C3. The van der Waals surface area contributed by atoms with Gasteiger partial charge in [-0.3, -0.25) is 9.89 Å². The molecule has 0 aliphatic heterocycles. The lowest BCUT2D eigenvalue weighted by molar-refractivity contribution is -0.136. The maximum absolute atomic E-state index is 10.8. The Hall–Kier alpha value is -1.32. The van der Waals surface area contributed by atoms with Gasteiger partial charge in [-0.05, 0) is 67.8 Å². The summed E-state index contributed by atoms with van der Waals surface area (Å²) in [5.41, 5.74) is 2.41. The molecule has 4 heteroatoms. The number of aromatic nitrogens is 2. The van der Waals surface area contributed by atoms with E-state index < -0.39 is 5.97 Å². The topological polar surface area (TPSA) is 66.0 Å². The van der Waals surface area contributed by atoms with Crippen LogP contribution in [0.25, 0.3) is 0 Å². The molecule has 4 nitrogen and oxygen atoms in total. The van der Waals surface area contributed by atoms with Gasteiger partial charge in [0.25, 0.3) is 0 Å². The smallest absolute Gasteiger partial charge is 0.303 e. The first-order valence-electron chi connectivity index (χ1n) is 7.94. The van der Waals surface area contributed by atoms with Crippen molar-refractivity contribution in [1.29, 1.82) is 0 Å². The van der Waals surface area contributed by atoms with Gasteiger partial charge >= 0.3 is 5.97 Å². The van der Waals surface area contributed by atoms with Crippen LogP contribution >= 0.6 is 0 Å². The molecule has 0 aromatic carbocycles. The molecule has 0 atom stereocenters. The maximum Gasteiger partial charge on any atom is 0.303 e. The number of aliphatic carboxylic acids is 1. The van der Waals surface area contributed by atoms with Crippen molar-refractivity contribution in [2.45, 2.75) is 50.9 Å². The number of carbonyl (C=O) groups is 1. The highest BCUT2D eigenvalue weighted by molar-refractivity contribution is 5.67. The van der Waals surface area contributed by atoms with Gasteiger partial charge in [-0.1, -0.05) is 0 Å². The quantitative estimate of drug-likeness (QED) is 0.887. The van der Waals surface area contributed by atoms with Crippen LogP contribution in [0.3, 0.4) is 0 Å². The van der Waals surface area contributed by atoms with Crippen LogP contribution in [-0.4, -0.2) is 21.3 Å². The van der Waals surface area contributed by atoms with Gasteiger partial charge in [0.2, 0.25) is 0 Å². The van der Waals surface area contributed by atoms with Crippen LogP contribution in [0.5, 0.6) is 0 Å². The van der Waals surface area contributed by atoms with E-state index in [1.165, 1.54) is 37.8 Å². The van der Waals surface area contributed by atoms with E-state index in [9.17, 15) is 4.79 Å². The predicted molar refractivity (Wildman–Crippen MR) is 74.3 cm³/mol. The summed E-state index contributed by atoms with van der Waals surface area (Å²) in [5, 5.41) is 16.3. The monoisotopic (exact) mass is 274 g/mol. The zero-order chi connectivity index (χ0) is 13.7. The summed E-state index contributed by atoms with van der Waals surface area (Å²) in [6.45, 7) is 0. The first-order valence-corrected chi connectivity index (χ1v) is 7.94. The van der Waals surface area contributed by atoms with E-state index in [4.69, 9.17) is 5.11 Å². The Morgan fingerprint density at radius 3 is 2.45 bits per heavy atom. The fourth-order valence-corrected chi connectivity index (χ4v) is 5.45. The highest BCUT2D eigenvalue weighted by Crippen LogP contribution is 2.59. The van der Waals surface area contributed by atoms with Crippen LogP contribution in [0, 0.1) is 23.7 Å². The van der Waals surface area contributed by atoms with Crippen molar-refractivity contribution in [3.63, 3.8) is 0 Å². The van der Waals surface area contributed by atoms with Gasteiger partial charge in [-0.2, -0.15) is 5.10 Å². The number of rotatable bonds is 4. The molecule has 0 amide bonds. The van der Waals surface area contributed by atoms with Gasteiger partial charge in [0, 0.05) is 18.0 Å². The van der Waals surface area contributed by atoms with Crippen LogP contribution in [0.15, 0.2) is 6.20 Å². The van der Waals surface area contributed by atoms with Gasteiger partial charge in [0.1, 0.15) is 0 Å². The lowest BCUT2D eigenvalue weighted by atomic mass is 9.51. The van der Waals surface area contributed by atoms with E-state index in [1.54, 1.807) is 0 Å². The molecule has 0 unspecified atom stereocenters. The Kier molecular flexibility index (Phi) is 2.86. The van der Waals surface area contributed by atoms with Gasteiger partial charge in [0.15, 0.2) is 0 Å². The van der Waals surface area contributed by atoms with Crippen molar-refractivity contribution in [2.24, 2.45) is 23.7 Å². The summed E-state index contributed by atoms with van der Waals surface area (Å²) < 4.78 is 0. The molecule has 4 aliphatic rings. The standard InChI is InChI=1S/C16H22N2O2/c19-14(20)2-1-11-8-17-18-16(11)15-12-4-9-3-10(6-12)7-13(15)5-9/h8-10,12-13,15H,1-7H2,(H,17,18)(H,19,20). The molecule has 4 aliphatic carbocycles. The molecule has 20 heavy (non-hydrogen) atoms. The second-order valence-electron chi connectivity index (χ2n) is 7.16. The lowest BCUT2D eigenvalue weighted by Gasteiger charge is -2.54. The second-order valence-corrected chi connectivity index (χ2v) is 7.16. The van der Waals surface area contributed by atoms with Gasteiger partial charge in [0.05, 0.1) is 6.20 Å². The van der Waals surface area contributed by atoms with E-state index in [1.807, 2.05) is 6.20 Å². The highest BCUT2D eigenvalue weighted by atomic mass is 16.4. The maximum atomic E-state index is 10.8. The number of nitrogens with one attached hydrogen (secondary N) is 1. The van der Waals surface area contributed by atoms with E-state index in [0.29, 0.717) is 12.3 Å². The van der Waals surface area contributed by atoms with Crippen molar-refractivity contribution < 1.29 is 9.90 Å². The molecule has 0 radical (unpaired) electrons. The minimum atomic E-state index is -0.720. The Labute approximate surface area is 119 Å². The summed E-state index contributed by atoms with van der Waals surface area (Å²) in [4.78, 5) is 10.8. The average molecular weight is 274 g/mol. The molecule has 1 aromatic rings. The minimum absolute atomic E-state index is 0.208. The molecule has 5 rings (SSSR count). The summed E-state index contributed by atoms with van der Waals surface area (Å²) in [5.74, 6) is 3.47. The van der Waals surface area contributed by atoms with Gasteiger partial charge in [-0.25, -0.2) is 0 Å². The summed E-state index contributed by atoms with van der Waals surface area (Å²) in [6, 6.07) is 0. The lowest BCUT2D eigenvalue weighted by Crippen LogP contribution is -2.44. The van der Waals surface area contributed by atoms with Crippen LogP contribution in [0.1, 0.15) is 55.7 Å². The first kappa shape index (κ1) is 12.4. The Morgan fingerprint density at radius 1 is 1.20 bits per heavy atom. The summed E-state index contributed by atoms with van der Waals surface area (Å²) >= 11 is 0. The molecule has 2 N–H and O–H groups in total. The van der Waals surface area contributed by atoms with Gasteiger partial charge < -0.3 is 5.11 Å². The number of H-pyrrole nitrogens is 1. The van der Waals surface area contributed by atoms with Crippen molar-refractivity contribution >= 4 is 5.97 Å². The number of carboxylic acids is 1. The Morgan fingerprint density at radius 2 is 1.85 bits per heavy atom. The Balaban J connectivity index is 1.58. The number of aromatic amines is 1. The van der Waals surface area contributed by atoms with Crippen molar-refractivity contribution in [1.82, 2.24) is 10.2 Å². The molecule has 1 aromatic heterocycles. The Bertz CT molecular complexity index is 494. The molecule has 4 saturated carbocycles. The van der Waals surface area contributed by atoms with E-state index in [0.717, 1.165) is 29.2 Å². The number of aryl methyl sites for hydroxylation is 1. The van der Waals surface area contributed by atoms with E-state index in [-0.39, 0.29) is 6.42 Å². The predicted octanol–water partition coefficient (Wildman–Crippen LogP) is 2.97. The summed E-state index contributed by atoms with van der Waals surface area (Å²) in [6.07, 6.45) is 9.68. The minimum Gasteiger partial charge on any atom is -0.481 e. The fourth-order valence-electron chi connectivity index (χ4n) is 5.45. The number of carboxylic acid groups (broad SMARTS) is 1. The molecule has 4 fully saturated rings. The second kappa shape index (κ2) is 4.61. The zero-order valence-electron chi connectivity index (χ0n) is 11.7. The molecule has 108 valence electrons. The van der Waals surface area contributed by atoms with Crippen molar-refractivity contribution in [2.75, 3.05) is 0 Å². The third kappa shape index (κ3) is 1.97. The number of nitrogens with zero attached hydrogens (tertiary/aromatic N) is 1. The number of hydrogen-bond donors (Lipinski definition) is 2. The van der Waals surface area contributed by atoms with Crippen LogP contribution in [-0.2, 0) is 11.2 Å². The average Bonchev–Trinajstić information content (AvgIpc) is 2.83. The van der Waals surface area contributed by atoms with Crippen LogP contribution in [0.2, 0.25) is 0 Å². The molecular formula is C16H22N2O2. The van der Waals surface area contributed by atoms with Gasteiger partial charge in [-0.15, -0.1) is 0 Å². The largest absolute Gasteiger partial charge is 0.481 e. The van der Waals surface area contributed by atoms with E-state index in [2.05, 4.69) is 10.2 Å². The highest BCUT2D eigenvalue weighted by Gasteiger charge is 2.49. The molecule has 0 spiro atoms. The van der Waals surface area contributed by atoms with Crippen LogP contribution in [0.4, 0.5) is 0 Å². The number of hydrogen-bond acceptors (Lipinski definition) is 2. The fraction of sp³-hybridized carbons (Fsp3) is 0.750. The zero-order valence-corrected chi connectivity index (χ0v) is 11.7. The first-order chi connectivity index (χ1) is 9.70. The molecule has 4 bridgehead atoms. The summed E-state index contributed by atoms with van der Waals surface area (Å²) in [7, 11) is 0. The normalized spacial score (nSPS) is 38.3. The van der Waals surface area contributed by atoms with Crippen LogP contribution < -0.4 is 0 Å². The molecular weight excluding hydrogens is 252 g/mol. The molecule has 0 saturated heterocycles. The third-order valence-electron chi connectivity index (χ3n) is 5.92.